The molecule has 3 aromatic heterocycles. The van der Waals surface area contributed by atoms with E-state index in [1.54, 1.807) is 16.9 Å². The van der Waals surface area contributed by atoms with E-state index in [2.05, 4.69) is 27.2 Å². The number of fused-ring (bicyclic) bond motifs is 3. The van der Waals surface area contributed by atoms with Gasteiger partial charge in [0.2, 0.25) is 0 Å². The van der Waals surface area contributed by atoms with Gasteiger partial charge in [-0.2, -0.15) is 5.10 Å². The van der Waals surface area contributed by atoms with E-state index in [1.807, 2.05) is 12.1 Å². The summed E-state index contributed by atoms with van der Waals surface area (Å²) in [4.78, 5) is 24.6. The maximum Gasteiger partial charge on any atom is 0.284 e. The molecule has 1 aliphatic carbocycles. The van der Waals surface area contributed by atoms with Crippen LogP contribution in [0.5, 0.6) is 0 Å². The third kappa shape index (κ3) is 4.13. The first-order valence-electron chi connectivity index (χ1n) is 12.3. The maximum atomic E-state index is 13.8. The van der Waals surface area contributed by atoms with Crippen LogP contribution >= 0.6 is 0 Å². The van der Waals surface area contributed by atoms with Crippen molar-refractivity contribution < 1.29 is 18.3 Å². The zero-order valence-corrected chi connectivity index (χ0v) is 19.5. The maximum absolute atomic E-state index is 13.8. The predicted octanol–water partition coefficient (Wildman–Crippen LogP) is 4.74. The minimum absolute atomic E-state index is 0.0405. The number of carbonyl (C=O) groups is 1. The fourth-order valence-electron chi connectivity index (χ4n) is 5.59. The fraction of sp³-hybridized carbons (Fsp3) is 0.520. The number of nitrogens with one attached hydrogen (secondary N) is 1. The van der Waals surface area contributed by atoms with E-state index in [0.29, 0.717) is 23.6 Å². The van der Waals surface area contributed by atoms with Crippen molar-refractivity contribution in [2.45, 2.75) is 63.6 Å². The molecule has 3 aromatic rings. The Morgan fingerprint density at radius 1 is 1.17 bits per heavy atom. The summed E-state index contributed by atoms with van der Waals surface area (Å²) in [6.07, 6.45) is 5.34. The molecule has 1 N–H and O–H groups in total. The second-order valence-electron chi connectivity index (χ2n) is 9.97. The smallest absolute Gasteiger partial charge is 0.284 e. The Hall–Kier alpha value is -3.14. The number of halogens is 2. The van der Waals surface area contributed by atoms with Crippen LogP contribution in [-0.4, -0.2) is 51.0 Å². The van der Waals surface area contributed by atoms with Crippen LogP contribution in [0.3, 0.4) is 0 Å². The molecule has 6 rings (SSSR count). The number of anilines is 2. The lowest BCUT2D eigenvalue weighted by Crippen LogP contribution is -2.37. The molecule has 10 heteroatoms. The minimum Gasteiger partial charge on any atom is -0.374 e. The van der Waals surface area contributed by atoms with Gasteiger partial charge in [-0.3, -0.25) is 14.5 Å². The second kappa shape index (κ2) is 8.82. The summed E-state index contributed by atoms with van der Waals surface area (Å²) < 4.78 is 34.9. The first-order valence-corrected chi connectivity index (χ1v) is 12.3. The van der Waals surface area contributed by atoms with Crippen molar-refractivity contribution in [3.8, 4) is 0 Å². The predicted molar refractivity (Wildman–Crippen MR) is 127 cm³/mol. The van der Waals surface area contributed by atoms with E-state index < -0.39 is 18.0 Å². The quantitative estimate of drug-likeness (QED) is 0.565. The van der Waals surface area contributed by atoms with E-state index in [-0.39, 0.29) is 29.4 Å². The molecule has 0 unspecified atom stereocenters. The summed E-state index contributed by atoms with van der Waals surface area (Å²) in [7, 11) is 0. The molecule has 0 aromatic carbocycles. The standard InChI is InChI=1S/C25H28F2N6O2/c1-14-2-4-15(5-3-14)33-12-20(23(31-33)24(26)27)29-25(34)18-8-9-28-19-6-7-21(30-22(18)19)32-11-17-10-16(32)13-35-17/h6-9,12,14-17,24H,2-5,10-11,13H2,1H3,(H,29,34)/t14-,15-,16-,17-/m0/s1. The summed E-state index contributed by atoms with van der Waals surface area (Å²) in [5.41, 5.74) is 0.939. The van der Waals surface area contributed by atoms with E-state index >= 15 is 0 Å². The van der Waals surface area contributed by atoms with Gasteiger partial charge in [-0.25, -0.2) is 13.8 Å². The number of alkyl halides is 2. The Labute approximate surface area is 201 Å². The van der Waals surface area contributed by atoms with Crippen LogP contribution in [0, 0.1) is 5.92 Å². The molecule has 35 heavy (non-hydrogen) atoms. The molecule has 1 saturated carbocycles. The summed E-state index contributed by atoms with van der Waals surface area (Å²) in [5, 5.41) is 6.84. The lowest BCUT2D eigenvalue weighted by atomic mass is 9.87. The molecule has 184 valence electrons. The molecule has 3 aliphatic rings. The molecule has 0 spiro atoms. The highest BCUT2D eigenvalue weighted by atomic mass is 19.3. The molecule has 2 atom stereocenters. The van der Waals surface area contributed by atoms with Crippen molar-refractivity contribution in [2.75, 3.05) is 23.4 Å². The Balaban J connectivity index is 1.29. The van der Waals surface area contributed by atoms with Crippen LogP contribution in [0.15, 0.2) is 30.6 Å². The molecule has 2 saturated heterocycles. The van der Waals surface area contributed by atoms with Crippen molar-refractivity contribution in [3.05, 3.63) is 41.9 Å². The number of nitrogens with zero attached hydrogens (tertiary/aromatic N) is 5. The highest BCUT2D eigenvalue weighted by Gasteiger charge is 2.39. The van der Waals surface area contributed by atoms with Crippen LogP contribution < -0.4 is 10.2 Å². The van der Waals surface area contributed by atoms with Gasteiger partial charge < -0.3 is 15.0 Å². The average Bonchev–Trinajstić information content (AvgIpc) is 3.60. The van der Waals surface area contributed by atoms with Gasteiger partial charge in [0.05, 0.1) is 41.6 Å². The highest BCUT2D eigenvalue weighted by Crippen LogP contribution is 2.35. The molecule has 3 fully saturated rings. The molecular weight excluding hydrogens is 454 g/mol. The zero-order valence-electron chi connectivity index (χ0n) is 19.5. The Morgan fingerprint density at radius 3 is 2.71 bits per heavy atom. The number of aromatic nitrogens is 4. The van der Waals surface area contributed by atoms with Gasteiger partial charge in [0, 0.05) is 18.9 Å². The SMILES string of the molecule is C[C@H]1CC[C@H](n2cc(NC(=O)c3ccnc4ccc(N5C[C@@H]6C[C@H]5CO6)nc34)c(C(F)F)n2)CC1. The van der Waals surface area contributed by atoms with Crippen LogP contribution in [-0.2, 0) is 4.74 Å². The zero-order chi connectivity index (χ0) is 24.1. The third-order valence-electron chi connectivity index (χ3n) is 7.58. The van der Waals surface area contributed by atoms with Gasteiger partial charge in [0.15, 0.2) is 5.69 Å². The number of carbonyl (C=O) groups excluding carboxylic acids is 1. The average molecular weight is 483 g/mol. The van der Waals surface area contributed by atoms with Crippen LogP contribution in [0.1, 0.15) is 67.5 Å². The van der Waals surface area contributed by atoms with Crippen LogP contribution in [0.4, 0.5) is 20.3 Å². The van der Waals surface area contributed by atoms with E-state index in [4.69, 9.17) is 9.72 Å². The van der Waals surface area contributed by atoms with E-state index in [9.17, 15) is 13.6 Å². The fourth-order valence-corrected chi connectivity index (χ4v) is 5.59. The van der Waals surface area contributed by atoms with Crippen molar-refractivity contribution in [1.29, 1.82) is 0 Å². The van der Waals surface area contributed by atoms with Crippen molar-refractivity contribution >= 4 is 28.4 Å². The number of hydrogen-bond acceptors (Lipinski definition) is 6. The van der Waals surface area contributed by atoms with Crippen LogP contribution in [0.2, 0.25) is 0 Å². The molecular formula is C25H28F2N6O2. The largest absolute Gasteiger partial charge is 0.374 e. The van der Waals surface area contributed by atoms with E-state index in [1.165, 1.54) is 6.20 Å². The Kier molecular flexibility index (Phi) is 5.63. The number of morpholine rings is 1. The van der Waals surface area contributed by atoms with Crippen molar-refractivity contribution in [3.63, 3.8) is 0 Å². The molecule has 1 amide bonds. The number of hydrogen-bond donors (Lipinski definition) is 1. The van der Waals surface area contributed by atoms with Gasteiger partial charge >= 0.3 is 0 Å². The Morgan fingerprint density at radius 2 is 2.00 bits per heavy atom. The normalized spacial score (nSPS) is 26.1. The first kappa shape index (κ1) is 22.3. The molecule has 2 aliphatic heterocycles. The monoisotopic (exact) mass is 482 g/mol. The second-order valence-corrected chi connectivity index (χ2v) is 9.97. The van der Waals surface area contributed by atoms with Crippen molar-refractivity contribution in [1.82, 2.24) is 19.7 Å². The number of ether oxygens (including phenoxy) is 1. The van der Waals surface area contributed by atoms with Crippen molar-refractivity contribution in [2.24, 2.45) is 5.92 Å². The van der Waals surface area contributed by atoms with Gasteiger partial charge in [0.1, 0.15) is 11.3 Å². The molecule has 2 bridgehead atoms. The highest BCUT2D eigenvalue weighted by molar-refractivity contribution is 6.11. The first-order chi connectivity index (χ1) is 17.0. The topological polar surface area (TPSA) is 85.2 Å². The van der Waals surface area contributed by atoms with E-state index in [0.717, 1.165) is 44.5 Å². The summed E-state index contributed by atoms with van der Waals surface area (Å²) in [6, 6.07) is 5.67. The summed E-state index contributed by atoms with van der Waals surface area (Å²) in [5.74, 6) is 0.895. The summed E-state index contributed by atoms with van der Waals surface area (Å²) >= 11 is 0. The number of rotatable bonds is 5. The molecule has 8 nitrogen and oxygen atoms in total. The lowest BCUT2D eigenvalue weighted by molar-refractivity contribution is 0.0988. The van der Waals surface area contributed by atoms with Gasteiger partial charge in [-0.1, -0.05) is 6.92 Å². The summed E-state index contributed by atoms with van der Waals surface area (Å²) in [6.45, 7) is 3.64. The third-order valence-corrected chi connectivity index (χ3v) is 7.58. The lowest BCUT2D eigenvalue weighted by Gasteiger charge is -2.28. The molecule has 0 radical (unpaired) electrons. The molecule has 5 heterocycles. The minimum atomic E-state index is -2.79. The van der Waals surface area contributed by atoms with Gasteiger partial charge in [-0.05, 0) is 56.2 Å². The Bertz CT molecular complexity index is 1260. The van der Waals surface area contributed by atoms with Crippen LogP contribution in [0.25, 0.3) is 11.0 Å². The number of amides is 1. The van der Waals surface area contributed by atoms with Gasteiger partial charge in [0.25, 0.3) is 12.3 Å². The number of pyridine rings is 2. The van der Waals surface area contributed by atoms with Gasteiger partial charge in [-0.15, -0.1) is 0 Å².